The first-order chi connectivity index (χ1) is 6.74. The average molecular weight is 213 g/mol. The van der Waals surface area contributed by atoms with Crippen molar-refractivity contribution in [2.75, 3.05) is 13.7 Å². The first-order valence-corrected chi connectivity index (χ1v) is 5.11. The molecule has 0 aliphatic carbocycles. The van der Waals surface area contributed by atoms with E-state index in [1.807, 2.05) is 12.1 Å². The van der Waals surface area contributed by atoms with Crippen LogP contribution in [0.3, 0.4) is 0 Å². The minimum atomic E-state index is 0.451. The predicted octanol–water partition coefficient (Wildman–Crippen LogP) is 3.23. The third kappa shape index (κ3) is 1.44. The maximum atomic E-state index is 6.05. The largest absolute Gasteiger partial charge is 0.495 e. The van der Waals surface area contributed by atoms with Gasteiger partial charge in [0.1, 0.15) is 11.5 Å². The lowest BCUT2D eigenvalue weighted by Crippen LogP contribution is -2.13. The van der Waals surface area contributed by atoms with Crippen molar-refractivity contribution in [3.8, 4) is 11.5 Å². The van der Waals surface area contributed by atoms with Crippen molar-refractivity contribution in [1.29, 1.82) is 0 Å². The summed E-state index contributed by atoms with van der Waals surface area (Å²) in [7, 11) is 1.64. The minimum absolute atomic E-state index is 0.451. The van der Waals surface area contributed by atoms with Gasteiger partial charge in [-0.25, -0.2) is 0 Å². The van der Waals surface area contributed by atoms with Gasteiger partial charge in [-0.1, -0.05) is 18.5 Å². The van der Waals surface area contributed by atoms with E-state index < -0.39 is 0 Å². The van der Waals surface area contributed by atoms with Gasteiger partial charge >= 0.3 is 0 Å². The Morgan fingerprint density at radius 1 is 1.50 bits per heavy atom. The Labute approximate surface area is 88.8 Å². The molecule has 1 unspecified atom stereocenters. The molecule has 0 spiro atoms. The maximum Gasteiger partial charge on any atom is 0.144 e. The molecule has 1 aromatic rings. The summed E-state index contributed by atoms with van der Waals surface area (Å²) < 4.78 is 10.9. The molecule has 0 saturated carbocycles. The Morgan fingerprint density at radius 3 is 3.00 bits per heavy atom. The molecule has 0 bridgehead atoms. The topological polar surface area (TPSA) is 18.5 Å². The molecule has 1 aliphatic rings. The number of halogens is 1. The molecule has 2 nitrogen and oxygen atoms in total. The van der Waals surface area contributed by atoms with Crippen molar-refractivity contribution in [1.82, 2.24) is 0 Å². The third-order valence-corrected chi connectivity index (χ3v) is 2.91. The van der Waals surface area contributed by atoms with E-state index in [2.05, 4.69) is 6.92 Å². The van der Waals surface area contributed by atoms with E-state index >= 15 is 0 Å². The quantitative estimate of drug-likeness (QED) is 0.712. The molecule has 1 aliphatic heterocycles. The Bertz CT molecular complexity index is 349. The summed E-state index contributed by atoms with van der Waals surface area (Å²) in [5, 5.41) is 0.656. The molecule has 0 fully saturated rings. The summed E-state index contributed by atoms with van der Waals surface area (Å²) in [5.74, 6) is 2.12. The molecule has 14 heavy (non-hydrogen) atoms. The van der Waals surface area contributed by atoms with Gasteiger partial charge in [0.05, 0.1) is 18.7 Å². The van der Waals surface area contributed by atoms with Crippen LogP contribution in [-0.4, -0.2) is 13.7 Å². The Hall–Kier alpha value is -0.890. The maximum absolute atomic E-state index is 6.05. The number of hydrogen-bond acceptors (Lipinski definition) is 2. The lowest BCUT2D eigenvalue weighted by atomic mass is 9.94. The Balaban J connectivity index is 2.57. The average Bonchev–Trinajstić information content (AvgIpc) is 2.19. The van der Waals surface area contributed by atoms with Crippen LogP contribution in [0.5, 0.6) is 11.5 Å². The normalized spacial score (nSPS) is 19.8. The molecular formula is C11H13ClO2. The van der Waals surface area contributed by atoms with Crippen LogP contribution in [0.25, 0.3) is 0 Å². The Kier molecular flexibility index (Phi) is 2.55. The Morgan fingerprint density at radius 2 is 2.29 bits per heavy atom. The van der Waals surface area contributed by atoms with Gasteiger partial charge in [-0.2, -0.15) is 0 Å². The monoisotopic (exact) mass is 212 g/mol. The van der Waals surface area contributed by atoms with Crippen molar-refractivity contribution in [2.45, 2.75) is 19.3 Å². The van der Waals surface area contributed by atoms with E-state index in [1.54, 1.807) is 7.11 Å². The molecule has 1 atom stereocenters. The van der Waals surface area contributed by atoms with Crippen LogP contribution < -0.4 is 9.47 Å². The van der Waals surface area contributed by atoms with Crippen LogP contribution >= 0.6 is 11.6 Å². The highest BCUT2D eigenvalue weighted by molar-refractivity contribution is 6.32. The van der Waals surface area contributed by atoms with Gasteiger partial charge in [-0.15, -0.1) is 0 Å². The second-order valence-electron chi connectivity index (χ2n) is 3.53. The van der Waals surface area contributed by atoms with Crippen molar-refractivity contribution in [3.63, 3.8) is 0 Å². The number of fused-ring (bicyclic) bond motifs is 1. The molecule has 3 heteroatoms. The molecule has 1 heterocycles. The van der Waals surface area contributed by atoms with E-state index in [4.69, 9.17) is 21.1 Å². The number of methoxy groups -OCH3 is 1. The molecule has 76 valence electrons. The molecule has 0 saturated heterocycles. The summed E-state index contributed by atoms with van der Waals surface area (Å²) in [6.07, 6.45) is 1.02. The fraction of sp³-hybridized carbons (Fsp3) is 0.455. The van der Waals surface area contributed by atoms with Gasteiger partial charge in [0.25, 0.3) is 0 Å². The van der Waals surface area contributed by atoms with Crippen molar-refractivity contribution < 1.29 is 9.47 Å². The van der Waals surface area contributed by atoms with Crippen LogP contribution in [0.15, 0.2) is 12.1 Å². The fourth-order valence-corrected chi connectivity index (χ4v) is 2.09. The first kappa shape index (κ1) is 9.66. The molecule has 0 N–H and O–H groups in total. The van der Waals surface area contributed by atoms with E-state index in [0.717, 1.165) is 30.1 Å². The van der Waals surface area contributed by atoms with Gasteiger partial charge in [-0.05, 0) is 24.5 Å². The standard InChI is InChI=1S/C11H13ClO2/c1-7-5-6-14-9-4-3-8(12)11(13-2)10(7)9/h3-4,7H,5-6H2,1-2H3. The van der Waals surface area contributed by atoms with Crippen molar-refractivity contribution in [3.05, 3.63) is 22.7 Å². The molecule has 2 rings (SSSR count). The zero-order valence-corrected chi connectivity index (χ0v) is 9.10. The number of hydrogen-bond donors (Lipinski definition) is 0. The summed E-state index contributed by atoms with van der Waals surface area (Å²) in [6, 6.07) is 3.73. The second-order valence-corrected chi connectivity index (χ2v) is 3.94. The van der Waals surface area contributed by atoms with E-state index in [1.165, 1.54) is 0 Å². The summed E-state index contributed by atoms with van der Waals surface area (Å²) in [6.45, 7) is 2.94. The van der Waals surface area contributed by atoms with Crippen molar-refractivity contribution >= 4 is 11.6 Å². The molecule has 0 radical (unpaired) electrons. The summed E-state index contributed by atoms with van der Waals surface area (Å²) >= 11 is 6.05. The number of ether oxygens (including phenoxy) is 2. The first-order valence-electron chi connectivity index (χ1n) is 4.73. The molecule has 1 aromatic carbocycles. The van der Waals surface area contributed by atoms with Gasteiger partial charge in [0, 0.05) is 5.56 Å². The van der Waals surface area contributed by atoms with Crippen molar-refractivity contribution in [2.24, 2.45) is 0 Å². The minimum Gasteiger partial charge on any atom is -0.495 e. The van der Waals surface area contributed by atoms with Crippen LogP contribution in [-0.2, 0) is 0 Å². The van der Waals surface area contributed by atoms with Gasteiger partial charge < -0.3 is 9.47 Å². The highest BCUT2D eigenvalue weighted by Gasteiger charge is 2.23. The SMILES string of the molecule is COc1c(Cl)ccc2c1C(C)CCO2. The summed E-state index contributed by atoms with van der Waals surface area (Å²) in [5.41, 5.74) is 1.10. The van der Waals surface area contributed by atoms with Gasteiger partial charge in [0.15, 0.2) is 0 Å². The lowest BCUT2D eigenvalue weighted by Gasteiger charge is -2.25. The third-order valence-electron chi connectivity index (χ3n) is 2.61. The fourth-order valence-electron chi connectivity index (χ4n) is 1.84. The van der Waals surface area contributed by atoms with E-state index in [0.29, 0.717) is 10.9 Å². The number of benzene rings is 1. The van der Waals surface area contributed by atoms with E-state index in [-0.39, 0.29) is 0 Å². The van der Waals surface area contributed by atoms with Crippen LogP contribution in [0.1, 0.15) is 24.8 Å². The molecular weight excluding hydrogens is 200 g/mol. The highest BCUT2D eigenvalue weighted by Crippen LogP contribution is 2.43. The van der Waals surface area contributed by atoms with Gasteiger partial charge in [-0.3, -0.25) is 0 Å². The van der Waals surface area contributed by atoms with E-state index in [9.17, 15) is 0 Å². The zero-order chi connectivity index (χ0) is 10.1. The van der Waals surface area contributed by atoms with Crippen LogP contribution in [0.2, 0.25) is 5.02 Å². The van der Waals surface area contributed by atoms with Crippen LogP contribution in [0, 0.1) is 0 Å². The molecule has 0 amide bonds. The highest BCUT2D eigenvalue weighted by atomic mass is 35.5. The zero-order valence-electron chi connectivity index (χ0n) is 8.34. The lowest BCUT2D eigenvalue weighted by molar-refractivity contribution is 0.266. The van der Waals surface area contributed by atoms with Crippen LogP contribution in [0.4, 0.5) is 0 Å². The molecule has 0 aromatic heterocycles. The smallest absolute Gasteiger partial charge is 0.144 e. The van der Waals surface area contributed by atoms with Gasteiger partial charge in [0.2, 0.25) is 0 Å². The second kappa shape index (κ2) is 3.70. The predicted molar refractivity (Wildman–Crippen MR) is 56.5 cm³/mol. The summed E-state index contributed by atoms with van der Waals surface area (Å²) in [4.78, 5) is 0. The number of rotatable bonds is 1.